The summed E-state index contributed by atoms with van der Waals surface area (Å²) in [4.78, 5) is 10.3. The summed E-state index contributed by atoms with van der Waals surface area (Å²) in [6, 6.07) is 0. The Kier molecular flexibility index (Phi) is 4.95. The zero-order valence-corrected chi connectivity index (χ0v) is 11.5. The van der Waals surface area contributed by atoms with Crippen molar-refractivity contribution in [2.45, 2.75) is 20.3 Å². The van der Waals surface area contributed by atoms with Crippen LogP contribution < -0.4 is 16.2 Å². The number of nitrogens with zero attached hydrogens (tertiary/aromatic N) is 3. The lowest BCUT2D eigenvalue weighted by atomic mass is 10.1. The number of aromatic nitrogens is 2. The van der Waals surface area contributed by atoms with Gasteiger partial charge in [-0.1, -0.05) is 13.8 Å². The fourth-order valence-corrected chi connectivity index (χ4v) is 1.91. The number of nitrogens with one attached hydrogen (secondary N) is 1. The van der Waals surface area contributed by atoms with Gasteiger partial charge in [0.1, 0.15) is 16.6 Å². The fourth-order valence-electron chi connectivity index (χ4n) is 1.29. The highest BCUT2D eigenvalue weighted by Crippen LogP contribution is 2.28. The number of nitrogen functional groups attached to an aromatic ring is 1. The van der Waals surface area contributed by atoms with Crippen molar-refractivity contribution in [3.05, 3.63) is 10.8 Å². The molecular formula is C10H18BrN5. The molecule has 0 aliphatic heterocycles. The van der Waals surface area contributed by atoms with E-state index in [4.69, 9.17) is 5.84 Å². The second kappa shape index (κ2) is 6.00. The van der Waals surface area contributed by atoms with E-state index in [0.29, 0.717) is 11.7 Å². The molecule has 6 heteroatoms. The van der Waals surface area contributed by atoms with Crippen LogP contribution in [0.25, 0.3) is 0 Å². The highest BCUT2D eigenvalue weighted by Gasteiger charge is 2.11. The van der Waals surface area contributed by atoms with Crippen molar-refractivity contribution < 1.29 is 0 Å². The van der Waals surface area contributed by atoms with E-state index in [-0.39, 0.29) is 0 Å². The Morgan fingerprint density at radius 3 is 2.75 bits per heavy atom. The summed E-state index contributed by atoms with van der Waals surface area (Å²) in [7, 11) is 2.01. The number of hydrogen-bond acceptors (Lipinski definition) is 5. The molecule has 0 spiro atoms. The molecule has 5 nitrogen and oxygen atoms in total. The van der Waals surface area contributed by atoms with Gasteiger partial charge >= 0.3 is 0 Å². The minimum Gasteiger partial charge on any atom is -0.359 e. The Morgan fingerprint density at radius 2 is 2.19 bits per heavy atom. The first-order valence-electron chi connectivity index (χ1n) is 5.24. The maximum absolute atomic E-state index is 5.35. The smallest absolute Gasteiger partial charge is 0.159 e. The zero-order chi connectivity index (χ0) is 12.1. The Morgan fingerprint density at radius 1 is 1.50 bits per heavy atom. The lowest BCUT2D eigenvalue weighted by Crippen LogP contribution is -2.22. The van der Waals surface area contributed by atoms with Crippen LogP contribution in [0.4, 0.5) is 11.6 Å². The Hall–Kier alpha value is -0.880. The van der Waals surface area contributed by atoms with Gasteiger partial charge in [0.05, 0.1) is 0 Å². The molecule has 0 bridgehead atoms. The summed E-state index contributed by atoms with van der Waals surface area (Å²) in [5.74, 6) is 7.48. The predicted octanol–water partition coefficient (Wildman–Crippen LogP) is 2.01. The van der Waals surface area contributed by atoms with Crippen molar-refractivity contribution in [2.24, 2.45) is 11.8 Å². The Bertz CT molecular complexity index is 342. The number of rotatable bonds is 5. The van der Waals surface area contributed by atoms with Gasteiger partial charge in [-0.2, -0.15) is 0 Å². The second-order valence-electron chi connectivity index (χ2n) is 4.11. The van der Waals surface area contributed by atoms with Crippen LogP contribution in [0.2, 0.25) is 0 Å². The number of hydrogen-bond donors (Lipinski definition) is 2. The molecule has 1 aromatic rings. The summed E-state index contributed by atoms with van der Waals surface area (Å²) in [6.45, 7) is 5.36. The van der Waals surface area contributed by atoms with Crippen LogP contribution in [0, 0.1) is 5.92 Å². The van der Waals surface area contributed by atoms with Crippen LogP contribution in [0.1, 0.15) is 20.3 Å². The van der Waals surface area contributed by atoms with Gasteiger partial charge in [0.25, 0.3) is 0 Å². The second-order valence-corrected chi connectivity index (χ2v) is 4.90. The van der Waals surface area contributed by atoms with Crippen molar-refractivity contribution in [2.75, 3.05) is 23.9 Å². The van der Waals surface area contributed by atoms with Crippen molar-refractivity contribution in [3.63, 3.8) is 0 Å². The summed E-state index contributed by atoms with van der Waals surface area (Å²) >= 11 is 3.44. The maximum Gasteiger partial charge on any atom is 0.159 e. The van der Waals surface area contributed by atoms with Gasteiger partial charge in [-0.25, -0.2) is 15.8 Å². The van der Waals surface area contributed by atoms with E-state index in [9.17, 15) is 0 Å². The normalized spacial score (nSPS) is 10.6. The summed E-state index contributed by atoms with van der Waals surface area (Å²) in [5.41, 5.74) is 2.53. The van der Waals surface area contributed by atoms with Gasteiger partial charge in [0.2, 0.25) is 0 Å². The number of hydrazine groups is 1. The molecule has 0 aliphatic rings. The lowest BCUT2D eigenvalue weighted by Gasteiger charge is -2.20. The van der Waals surface area contributed by atoms with Crippen LogP contribution in [0.15, 0.2) is 10.8 Å². The quantitative estimate of drug-likeness (QED) is 0.641. The molecule has 0 amide bonds. The molecule has 0 atom stereocenters. The molecule has 0 aliphatic carbocycles. The third kappa shape index (κ3) is 3.31. The van der Waals surface area contributed by atoms with E-state index in [1.165, 1.54) is 6.33 Å². The van der Waals surface area contributed by atoms with E-state index in [1.807, 2.05) is 7.05 Å². The highest BCUT2D eigenvalue weighted by atomic mass is 79.9. The zero-order valence-electron chi connectivity index (χ0n) is 9.87. The first-order chi connectivity index (χ1) is 7.56. The van der Waals surface area contributed by atoms with Gasteiger partial charge in [-0.15, -0.1) is 0 Å². The predicted molar refractivity (Wildman–Crippen MR) is 70.3 cm³/mol. The lowest BCUT2D eigenvalue weighted by molar-refractivity contribution is 0.583. The third-order valence-electron chi connectivity index (χ3n) is 2.31. The maximum atomic E-state index is 5.35. The molecule has 0 aromatic carbocycles. The Labute approximate surface area is 105 Å². The van der Waals surface area contributed by atoms with E-state index in [1.54, 1.807) is 0 Å². The monoisotopic (exact) mass is 287 g/mol. The standard InChI is InChI=1S/C10H18BrN5/c1-7(2)4-5-16(3)10-8(11)9(15-12)13-6-14-10/h6-7H,4-5,12H2,1-3H3,(H,13,14,15). The molecule has 1 aromatic heterocycles. The Balaban J connectivity index is 2.78. The molecule has 16 heavy (non-hydrogen) atoms. The molecule has 0 saturated carbocycles. The van der Waals surface area contributed by atoms with Crippen LogP contribution in [-0.4, -0.2) is 23.6 Å². The van der Waals surface area contributed by atoms with Crippen molar-refractivity contribution in [1.29, 1.82) is 0 Å². The number of anilines is 2. The molecular weight excluding hydrogens is 270 g/mol. The number of halogens is 1. The summed E-state index contributed by atoms with van der Waals surface area (Å²) in [6.07, 6.45) is 2.62. The summed E-state index contributed by atoms with van der Waals surface area (Å²) < 4.78 is 0.795. The average molecular weight is 288 g/mol. The molecule has 0 saturated heterocycles. The van der Waals surface area contributed by atoms with Crippen molar-refractivity contribution >= 4 is 27.6 Å². The average Bonchev–Trinajstić information content (AvgIpc) is 2.26. The molecule has 0 fully saturated rings. The molecule has 1 rings (SSSR count). The van der Waals surface area contributed by atoms with Crippen LogP contribution in [-0.2, 0) is 0 Å². The minimum absolute atomic E-state index is 0.599. The highest BCUT2D eigenvalue weighted by molar-refractivity contribution is 9.10. The van der Waals surface area contributed by atoms with Crippen LogP contribution in [0.5, 0.6) is 0 Å². The first-order valence-corrected chi connectivity index (χ1v) is 6.03. The molecule has 3 N–H and O–H groups in total. The van der Waals surface area contributed by atoms with E-state index < -0.39 is 0 Å². The molecule has 90 valence electrons. The van der Waals surface area contributed by atoms with Gasteiger partial charge in [-0.05, 0) is 28.3 Å². The topological polar surface area (TPSA) is 67.1 Å². The van der Waals surface area contributed by atoms with Gasteiger partial charge in [0, 0.05) is 13.6 Å². The van der Waals surface area contributed by atoms with Crippen molar-refractivity contribution in [1.82, 2.24) is 9.97 Å². The van der Waals surface area contributed by atoms with Gasteiger partial charge in [-0.3, -0.25) is 0 Å². The SMILES string of the molecule is CC(C)CCN(C)c1ncnc(NN)c1Br. The van der Waals surface area contributed by atoms with Crippen LogP contribution in [0.3, 0.4) is 0 Å². The fraction of sp³-hybridized carbons (Fsp3) is 0.600. The summed E-state index contributed by atoms with van der Waals surface area (Å²) in [5, 5.41) is 0. The van der Waals surface area contributed by atoms with E-state index in [0.717, 1.165) is 23.3 Å². The first kappa shape index (κ1) is 13.2. The van der Waals surface area contributed by atoms with Crippen molar-refractivity contribution in [3.8, 4) is 0 Å². The number of nitrogens with two attached hydrogens (primary N) is 1. The van der Waals surface area contributed by atoms with Gasteiger partial charge < -0.3 is 10.3 Å². The van der Waals surface area contributed by atoms with Crippen LogP contribution >= 0.6 is 15.9 Å². The third-order valence-corrected chi connectivity index (χ3v) is 3.04. The minimum atomic E-state index is 0.599. The van der Waals surface area contributed by atoms with E-state index >= 15 is 0 Å². The van der Waals surface area contributed by atoms with E-state index in [2.05, 4.69) is 50.1 Å². The molecule has 0 unspecified atom stereocenters. The molecule has 0 radical (unpaired) electrons. The van der Waals surface area contributed by atoms with Gasteiger partial charge in [0.15, 0.2) is 5.82 Å². The molecule has 1 heterocycles. The largest absolute Gasteiger partial charge is 0.359 e.